The normalized spacial score (nSPS) is 15.9. The number of carbonyl (C=O) groups is 1. The van der Waals surface area contributed by atoms with Crippen molar-refractivity contribution in [3.8, 4) is 11.5 Å². The van der Waals surface area contributed by atoms with Crippen molar-refractivity contribution >= 4 is 23.4 Å². The first-order valence-corrected chi connectivity index (χ1v) is 10.9. The number of hydrogen-bond acceptors (Lipinski definition) is 6. The average Bonchev–Trinajstić information content (AvgIpc) is 3.20. The third-order valence-electron chi connectivity index (χ3n) is 4.96. The van der Waals surface area contributed by atoms with Crippen LogP contribution in [-0.2, 0) is 11.3 Å². The number of fused-ring (bicyclic) bond motifs is 1. The van der Waals surface area contributed by atoms with Crippen molar-refractivity contribution < 1.29 is 14.3 Å². The van der Waals surface area contributed by atoms with Crippen molar-refractivity contribution in [3.05, 3.63) is 73.1 Å². The fraction of sp³-hybridized carbons (Fsp3) is 0.261. The van der Waals surface area contributed by atoms with Crippen molar-refractivity contribution in [1.82, 2.24) is 14.8 Å². The molecule has 0 N–H and O–H groups in total. The number of aromatic nitrogens is 3. The molecule has 1 aliphatic heterocycles. The number of rotatable bonds is 7. The molecular formula is C23H24N4O3S. The summed E-state index contributed by atoms with van der Waals surface area (Å²) in [5.74, 6) is 2.02. The van der Waals surface area contributed by atoms with Crippen LogP contribution in [0.3, 0.4) is 0 Å². The molecule has 2 heterocycles. The predicted molar refractivity (Wildman–Crippen MR) is 121 cm³/mol. The van der Waals surface area contributed by atoms with E-state index in [1.54, 1.807) is 18.0 Å². The van der Waals surface area contributed by atoms with Crippen molar-refractivity contribution in [2.24, 2.45) is 0 Å². The van der Waals surface area contributed by atoms with Gasteiger partial charge < -0.3 is 14.4 Å². The molecule has 1 aliphatic rings. The van der Waals surface area contributed by atoms with Gasteiger partial charge in [-0.25, -0.2) is 0 Å². The van der Waals surface area contributed by atoms with Gasteiger partial charge in [-0.3, -0.25) is 9.36 Å². The Hall–Kier alpha value is -3.26. The van der Waals surface area contributed by atoms with Crippen molar-refractivity contribution in [1.29, 1.82) is 0 Å². The number of benzene rings is 2. The number of hydrogen-bond donors (Lipinski definition) is 0. The Kier molecular flexibility index (Phi) is 6.27. The second-order valence-corrected chi connectivity index (χ2v) is 8.41. The molecule has 2 atom stereocenters. The first kappa shape index (κ1) is 21.0. The molecule has 4 rings (SSSR count). The Bertz CT molecular complexity index is 1070. The van der Waals surface area contributed by atoms with Crippen LogP contribution in [0.4, 0.5) is 5.69 Å². The number of ether oxygens (including phenoxy) is 2. The van der Waals surface area contributed by atoms with Crippen LogP contribution in [0.5, 0.6) is 11.5 Å². The molecule has 31 heavy (non-hydrogen) atoms. The molecule has 0 saturated heterocycles. The lowest BCUT2D eigenvalue weighted by Crippen LogP contribution is -2.33. The fourth-order valence-corrected chi connectivity index (χ4v) is 4.29. The molecule has 1 aromatic heterocycles. The Labute approximate surface area is 185 Å². The summed E-state index contributed by atoms with van der Waals surface area (Å²) in [5, 5.41) is 8.99. The molecule has 1 amide bonds. The molecule has 7 nitrogen and oxygen atoms in total. The third-order valence-corrected chi connectivity index (χ3v) is 6.03. The summed E-state index contributed by atoms with van der Waals surface area (Å²) in [6.45, 7) is 6.56. The van der Waals surface area contributed by atoms with E-state index in [4.69, 9.17) is 9.47 Å². The molecule has 8 heteroatoms. The van der Waals surface area contributed by atoms with Crippen LogP contribution < -0.4 is 14.4 Å². The van der Waals surface area contributed by atoms with Gasteiger partial charge in [0.05, 0.1) is 5.25 Å². The van der Waals surface area contributed by atoms with Crippen LogP contribution in [-0.4, -0.2) is 39.6 Å². The van der Waals surface area contributed by atoms with Gasteiger partial charge in [-0.15, -0.1) is 16.8 Å². The number of anilines is 1. The van der Waals surface area contributed by atoms with Gasteiger partial charge in [0.15, 0.2) is 28.6 Å². The zero-order valence-corrected chi connectivity index (χ0v) is 18.3. The molecule has 2 aromatic carbocycles. The maximum Gasteiger partial charge on any atom is 0.240 e. The molecule has 0 saturated carbocycles. The molecule has 3 aromatic rings. The summed E-state index contributed by atoms with van der Waals surface area (Å²) in [6.07, 6.45) is 1.38. The van der Waals surface area contributed by atoms with E-state index in [0.717, 1.165) is 5.69 Å². The molecule has 160 valence electrons. The summed E-state index contributed by atoms with van der Waals surface area (Å²) in [6, 6.07) is 17.1. The van der Waals surface area contributed by atoms with Gasteiger partial charge in [0.2, 0.25) is 5.91 Å². The molecular weight excluding hydrogens is 412 g/mol. The summed E-state index contributed by atoms with van der Waals surface area (Å²) in [4.78, 5) is 14.6. The van der Waals surface area contributed by atoms with Crippen LogP contribution in [0.25, 0.3) is 0 Å². The number of para-hydroxylation sites is 3. The first-order valence-electron chi connectivity index (χ1n) is 10.00. The highest BCUT2D eigenvalue weighted by Crippen LogP contribution is 2.36. The lowest BCUT2D eigenvalue weighted by molar-refractivity contribution is -0.117. The van der Waals surface area contributed by atoms with E-state index >= 15 is 0 Å². The highest BCUT2D eigenvalue weighted by molar-refractivity contribution is 8.00. The Balaban J connectivity index is 1.52. The molecule has 0 aliphatic carbocycles. The second-order valence-electron chi connectivity index (χ2n) is 7.10. The Morgan fingerprint density at radius 2 is 1.94 bits per heavy atom. The van der Waals surface area contributed by atoms with Crippen molar-refractivity contribution in [3.63, 3.8) is 0 Å². The standard InChI is InChI=1S/C23H24N4O3S/c1-4-14-27-21(20-15-29-18-12-8-9-13-19(18)30-20)24-25-23(27)31-16(2)22(28)26(3)17-10-6-5-7-11-17/h4-13,16,20H,1,14-15H2,2-3H3/t16-,20+/m0/s1. The van der Waals surface area contributed by atoms with E-state index in [1.165, 1.54) is 11.8 Å². The average molecular weight is 437 g/mol. The summed E-state index contributed by atoms with van der Waals surface area (Å²) in [7, 11) is 1.78. The van der Waals surface area contributed by atoms with E-state index in [2.05, 4.69) is 16.8 Å². The van der Waals surface area contributed by atoms with Gasteiger partial charge in [0.25, 0.3) is 0 Å². The largest absolute Gasteiger partial charge is 0.485 e. The maximum absolute atomic E-state index is 12.9. The van der Waals surface area contributed by atoms with E-state index in [9.17, 15) is 4.79 Å². The highest BCUT2D eigenvalue weighted by atomic mass is 32.2. The fourth-order valence-electron chi connectivity index (χ4n) is 3.33. The molecule has 0 fully saturated rings. The van der Waals surface area contributed by atoms with Gasteiger partial charge >= 0.3 is 0 Å². The highest BCUT2D eigenvalue weighted by Gasteiger charge is 2.30. The van der Waals surface area contributed by atoms with Gasteiger partial charge in [0.1, 0.15) is 6.61 Å². The van der Waals surface area contributed by atoms with E-state index in [-0.39, 0.29) is 11.2 Å². The third kappa shape index (κ3) is 4.44. The molecule has 0 spiro atoms. The topological polar surface area (TPSA) is 69.5 Å². The van der Waals surface area contributed by atoms with Gasteiger partial charge in [-0.1, -0.05) is 48.2 Å². The number of thioether (sulfide) groups is 1. The zero-order chi connectivity index (χ0) is 21.8. The number of allylic oxidation sites excluding steroid dienone is 1. The predicted octanol–water partition coefficient (Wildman–Crippen LogP) is 4.12. The van der Waals surface area contributed by atoms with Crippen LogP contribution >= 0.6 is 11.8 Å². The number of nitrogens with zero attached hydrogens (tertiary/aromatic N) is 4. The quantitative estimate of drug-likeness (QED) is 0.410. The van der Waals surface area contributed by atoms with Crippen LogP contribution in [0.1, 0.15) is 18.9 Å². The van der Waals surface area contributed by atoms with Crippen molar-refractivity contribution in [2.45, 2.75) is 30.0 Å². The van der Waals surface area contributed by atoms with E-state index < -0.39 is 6.10 Å². The van der Waals surface area contributed by atoms with Crippen LogP contribution in [0.2, 0.25) is 0 Å². The lowest BCUT2D eigenvalue weighted by atomic mass is 10.2. The number of carbonyl (C=O) groups excluding carboxylic acids is 1. The monoisotopic (exact) mass is 436 g/mol. The van der Waals surface area contributed by atoms with Gasteiger partial charge in [-0.05, 0) is 31.2 Å². The Morgan fingerprint density at radius 1 is 1.23 bits per heavy atom. The summed E-state index contributed by atoms with van der Waals surface area (Å²) < 4.78 is 13.9. The van der Waals surface area contributed by atoms with E-state index in [0.29, 0.717) is 35.6 Å². The zero-order valence-electron chi connectivity index (χ0n) is 17.5. The van der Waals surface area contributed by atoms with Crippen molar-refractivity contribution in [2.75, 3.05) is 18.6 Å². The lowest BCUT2D eigenvalue weighted by Gasteiger charge is -2.26. The van der Waals surface area contributed by atoms with Crippen LogP contribution in [0.15, 0.2) is 72.4 Å². The van der Waals surface area contributed by atoms with Gasteiger partial charge in [0, 0.05) is 19.3 Å². The van der Waals surface area contributed by atoms with Crippen LogP contribution in [0, 0.1) is 0 Å². The summed E-state index contributed by atoms with van der Waals surface area (Å²) >= 11 is 1.37. The second kappa shape index (κ2) is 9.26. The number of amides is 1. The minimum atomic E-state index is -0.394. The minimum absolute atomic E-state index is 0.0166. The SMILES string of the molecule is C=CCn1c(S[C@@H](C)C(=O)N(C)c2ccccc2)nnc1[C@H]1COc2ccccc2O1. The smallest absolute Gasteiger partial charge is 0.240 e. The minimum Gasteiger partial charge on any atom is -0.485 e. The molecule has 0 bridgehead atoms. The first-order chi connectivity index (χ1) is 15.1. The summed E-state index contributed by atoms with van der Waals surface area (Å²) in [5.41, 5.74) is 0.847. The van der Waals surface area contributed by atoms with E-state index in [1.807, 2.05) is 66.1 Å². The molecule has 0 radical (unpaired) electrons. The maximum atomic E-state index is 12.9. The molecule has 0 unspecified atom stereocenters. The van der Waals surface area contributed by atoms with Gasteiger partial charge in [-0.2, -0.15) is 0 Å². The Morgan fingerprint density at radius 3 is 2.68 bits per heavy atom.